The van der Waals surface area contributed by atoms with Gasteiger partial charge in [0, 0.05) is 43.0 Å². The van der Waals surface area contributed by atoms with Gasteiger partial charge in [-0.25, -0.2) is 13.9 Å². The van der Waals surface area contributed by atoms with Crippen LogP contribution in [0.3, 0.4) is 0 Å². The first-order chi connectivity index (χ1) is 25.5. The molecular formula is C24H40N10O15P3S2+. The summed E-state index contributed by atoms with van der Waals surface area (Å²) < 4.78 is 53.5. The predicted octanol–water partition coefficient (Wildman–Crippen LogP) is 1.29. The molecule has 2 aromatic rings. The van der Waals surface area contributed by atoms with Crippen LogP contribution in [0.15, 0.2) is 16.1 Å². The Labute approximate surface area is 315 Å². The summed E-state index contributed by atoms with van der Waals surface area (Å²) in [5, 5.41) is 8.62. The Kier molecular flexibility index (Phi) is 18.9. The Morgan fingerprint density at radius 2 is 2.04 bits per heavy atom. The number of nitrogen functional groups attached to an aromatic ring is 1. The first-order valence-corrected chi connectivity index (χ1v) is 22.6. The lowest BCUT2D eigenvalue weighted by Crippen LogP contribution is -2.36. The van der Waals surface area contributed by atoms with E-state index in [1.165, 1.54) is 10.8 Å². The van der Waals surface area contributed by atoms with Crippen molar-refractivity contribution in [3.8, 4) is 11.8 Å². The Morgan fingerprint density at radius 3 is 2.76 bits per heavy atom. The zero-order valence-corrected chi connectivity index (χ0v) is 32.5. The number of amides is 2. The van der Waals surface area contributed by atoms with E-state index < -0.39 is 67.2 Å². The van der Waals surface area contributed by atoms with E-state index in [4.69, 9.17) is 45.5 Å². The molecule has 12 N–H and O–H groups in total. The normalized spacial score (nSPS) is 18.4. The molecule has 1 saturated heterocycles. The van der Waals surface area contributed by atoms with Crippen LogP contribution in [0, 0.1) is 11.8 Å². The number of aromatic nitrogens is 3. The number of carbonyl (C=O) groups excluding carboxylic acids is 1. The maximum absolute atomic E-state index is 12.9. The minimum atomic E-state index is -5.73. The van der Waals surface area contributed by atoms with Crippen LogP contribution >= 0.6 is 45.4 Å². The number of urea groups is 1. The fourth-order valence-electron chi connectivity index (χ4n) is 4.58. The Morgan fingerprint density at radius 1 is 1.26 bits per heavy atom. The van der Waals surface area contributed by atoms with Gasteiger partial charge < -0.3 is 50.7 Å². The number of rotatable bonds is 23. The molecule has 1 aliphatic heterocycles. The lowest BCUT2D eigenvalue weighted by atomic mass is 10.2. The van der Waals surface area contributed by atoms with E-state index in [0.717, 1.165) is 25.0 Å². The summed E-state index contributed by atoms with van der Waals surface area (Å²) in [6, 6.07) is -0.443. The molecule has 0 saturated carbocycles. The van der Waals surface area contributed by atoms with Crippen molar-refractivity contribution >= 4 is 68.4 Å². The van der Waals surface area contributed by atoms with Gasteiger partial charge >= 0.3 is 29.8 Å². The Bertz CT molecular complexity index is 1820. The van der Waals surface area contributed by atoms with Crippen LogP contribution < -0.4 is 27.7 Å². The second-order valence-corrected chi connectivity index (χ2v) is 17.7. The number of hydrogen-bond donors (Lipinski definition) is 10. The molecular weight excluding hydrogens is 825 g/mol. The highest BCUT2D eigenvalue weighted by molar-refractivity contribution is 8.76. The molecule has 25 nitrogen and oxygen atoms in total. The number of phosphoric acid groups is 2. The topological polar surface area (TPSA) is 383 Å². The van der Waals surface area contributed by atoms with Crippen molar-refractivity contribution in [3.63, 3.8) is 0 Å². The molecule has 30 heteroatoms. The van der Waals surface area contributed by atoms with Crippen molar-refractivity contribution in [3.05, 3.63) is 32.6 Å². The van der Waals surface area contributed by atoms with Gasteiger partial charge in [0.1, 0.15) is 31.6 Å². The predicted molar refractivity (Wildman–Crippen MR) is 196 cm³/mol. The van der Waals surface area contributed by atoms with Gasteiger partial charge in [0.15, 0.2) is 5.65 Å². The molecule has 0 aromatic carbocycles. The highest BCUT2D eigenvalue weighted by Gasteiger charge is 2.53. The standard InChI is InChI=1S/C24H39N10O15P3S2/c25-6-10-53-54-15-44-9-3-1-2-7-28-24(36)29-8-4-5-16-12-34(21-20(16)22(35)32-23(26)31-21)19-11-17(45-14-30-33-27)18(47-19)13-46-51(40,41)49-52(42,43)48-50(37,38)39/h12,17-19,40-41H,1-3,6-11,13-15,25H2,(H7-,26,28,29,31,32,35,36,37,38,39,42,43)/p+1/t17?,18-,19?/m1/s1. The van der Waals surface area contributed by atoms with Crippen LogP contribution in [0.25, 0.3) is 21.5 Å². The summed E-state index contributed by atoms with van der Waals surface area (Å²) in [5.74, 6) is 6.77. The largest absolute Gasteiger partial charge is 0.580 e. The summed E-state index contributed by atoms with van der Waals surface area (Å²) in [6.45, 7) is 0.262. The van der Waals surface area contributed by atoms with Crippen molar-refractivity contribution in [1.29, 1.82) is 0 Å². The van der Waals surface area contributed by atoms with Crippen LogP contribution in [0.1, 0.15) is 37.5 Å². The monoisotopic (exact) mass is 865 g/mol. The van der Waals surface area contributed by atoms with E-state index in [0.29, 0.717) is 25.6 Å². The van der Waals surface area contributed by atoms with Gasteiger partial charge in [0.2, 0.25) is 5.95 Å². The molecule has 0 spiro atoms. The molecule has 1 fully saturated rings. The number of azide groups is 1. The highest BCUT2D eigenvalue weighted by Crippen LogP contribution is 2.69. The fraction of sp³-hybridized carbons (Fsp3) is 0.625. The summed E-state index contributed by atoms with van der Waals surface area (Å²) in [7, 11) is -13.3. The second-order valence-electron chi connectivity index (χ2n) is 10.7. The molecule has 54 heavy (non-hydrogen) atoms. The molecule has 3 heterocycles. The number of aromatic amines is 1. The third-order valence-corrected chi connectivity index (χ3v) is 12.6. The number of unbranched alkanes of at least 4 members (excludes halogenated alkanes) is 2. The van der Waals surface area contributed by atoms with Crippen LogP contribution in [0.4, 0.5) is 10.7 Å². The minimum Gasteiger partial charge on any atom is -0.370 e. The average molecular weight is 866 g/mol. The van der Waals surface area contributed by atoms with Gasteiger partial charge in [-0.1, -0.05) is 38.5 Å². The maximum Gasteiger partial charge on any atom is 0.580 e. The lowest BCUT2D eigenvalue weighted by Gasteiger charge is -2.19. The Hall–Kier alpha value is -2.53. The summed E-state index contributed by atoms with van der Waals surface area (Å²) in [6.07, 6.45) is 0.507. The minimum absolute atomic E-state index is 0.0145. The maximum atomic E-state index is 12.9. The Balaban J connectivity index is 1.64. The van der Waals surface area contributed by atoms with Crippen LogP contribution in [-0.4, -0.2) is 109 Å². The first kappa shape index (κ1) is 45.9. The second kappa shape index (κ2) is 22.3. The number of H-pyrrole nitrogens is 1. The van der Waals surface area contributed by atoms with Crippen molar-refractivity contribution in [2.45, 2.75) is 44.1 Å². The molecule has 0 aliphatic carbocycles. The highest BCUT2D eigenvalue weighted by atomic mass is 33.1. The van der Waals surface area contributed by atoms with Gasteiger partial charge in [0.25, 0.3) is 5.56 Å². The first-order valence-electron chi connectivity index (χ1n) is 15.5. The van der Waals surface area contributed by atoms with Crippen molar-refractivity contribution in [2.75, 3.05) is 57.0 Å². The smallest absolute Gasteiger partial charge is 0.370 e. The zero-order valence-electron chi connectivity index (χ0n) is 28.2. The third kappa shape index (κ3) is 16.3. The van der Waals surface area contributed by atoms with Gasteiger partial charge in [0.05, 0.1) is 23.6 Å². The van der Waals surface area contributed by atoms with Gasteiger partial charge in [-0.2, -0.15) is 23.6 Å². The average Bonchev–Trinajstić information content (AvgIpc) is 3.64. The molecule has 2 amide bonds. The van der Waals surface area contributed by atoms with Crippen molar-refractivity contribution < 1.29 is 65.7 Å². The summed E-state index contributed by atoms with van der Waals surface area (Å²) in [5.41, 5.74) is 19.4. The number of hydrogen-bond acceptors (Lipinski definition) is 18. The summed E-state index contributed by atoms with van der Waals surface area (Å²) >= 11 is 0. The number of anilines is 1. The van der Waals surface area contributed by atoms with Gasteiger partial charge in [-0.3, -0.25) is 14.7 Å². The zero-order chi connectivity index (χ0) is 39.8. The number of nitrogens with one attached hydrogen (secondary N) is 3. The van der Waals surface area contributed by atoms with E-state index in [-0.39, 0.29) is 35.5 Å². The van der Waals surface area contributed by atoms with Crippen LogP contribution in [0.5, 0.6) is 0 Å². The third-order valence-electron chi connectivity index (χ3n) is 6.65. The molecule has 2 aromatic heterocycles. The van der Waals surface area contributed by atoms with Gasteiger partial charge in [-0.15, -0.1) is 0 Å². The van der Waals surface area contributed by atoms with Crippen LogP contribution in [0.2, 0.25) is 0 Å². The molecule has 302 valence electrons. The molecule has 0 radical (unpaired) electrons. The number of nitrogens with zero attached hydrogens (tertiary/aromatic N) is 5. The summed E-state index contributed by atoms with van der Waals surface area (Å²) in [4.78, 5) is 81.3. The number of carbonyl (C=O) groups is 1. The molecule has 4 atom stereocenters. The molecule has 3 rings (SSSR count). The van der Waals surface area contributed by atoms with Crippen molar-refractivity contribution in [2.24, 2.45) is 10.8 Å². The molecule has 3 unspecified atom stereocenters. The quantitative estimate of drug-likeness (QED) is 0.0110. The number of fused-ring (bicyclic) bond motifs is 1. The molecule has 1 aliphatic rings. The number of nitrogens with two attached hydrogens (primary N) is 2. The lowest BCUT2D eigenvalue weighted by molar-refractivity contribution is -0.0603. The van der Waals surface area contributed by atoms with Gasteiger partial charge in [-0.05, 0) is 29.1 Å². The van der Waals surface area contributed by atoms with E-state index in [1.807, 2.05) is 0 Å². The fourth-order valence-corrected chi connectivity index (χ4v) is 9.17. The SMILES string of the molecule is [N-]=[N+]=NCOC1CC(n2cc(C#CCNC(=O)NCCCCCOCSSCCN)c3c(=O)[nH]c(N)nc32)O[C@@H]1CO[P+](O)(O)OP(=O)(O)OP(=O)(O)O. The van der Waals surface area contributed by atoms with Crippen LogP contribution in [-0.2, 0) is 36.5 Å². The van der Waals surface area contributed by atoms with Crippen molar-refractivity contribution in [1.82, 2.24) is 25.2 Å². The van der Waals surface area contributed by atoms with E-state index in [2.05, 4.69) is 51.1 Å². The number of ether oxygens (including phenoxy) is 3. The van der Waals surface area contributed by atoms with E-state index in [9.17, 15) is 33.4 Å². The van der Waals surface area contributed by atoms with E-state index >= 15 is 0 Å². The molecule has 0 bridgehead atoms. The van der Waals surface area contributed by atoms with E-state index in [1.54, 1.807) is 21.6 Å².